The Morgan fingerprint density at radius 1 is 1.42 bits per heavy atom. The van der Waals surface area contributed by atoms with Crippen molar-refractivity contribution in [1.82, 2.24) is 10.6 Å². The second kappa shape index (κ2) is 5.36. The molecular weight excluding hydrogens is 164 g/mol. The van der Waals surface area contributed by atoms with Gasteiger partial charge in [-0.15, -0.1) is 0 Å². The summed E-state index contributed by atoms with van der Waals surface area (Å²) in [6, 6.07) is -0.855. The Kier molecular flexibility index (Phi) is 4.78. The fourth-order valence-electron chi connectivity index (χ4n) is 0.683. The first-order chi connectivity index (χ1) is 5.57. The fourth-order valence-corrected chi connectivity index (χ4v) is 0.683. The Morgan fingerprint density at radius 3 is 2.33 bits per heavy atom. The second-order valence-electron chi connectivity index (χ2n) is 2.13. The van der Waals surface area contributed by atoms with Crippen LogP contribution in [0.15, 0.2) is 0 Å². The molecule has 4 N–H and O–H groups in total. The highest BCUT2D eigenvalue weighted by atomic mass is 16.4. The zero-order chi connectivity index (χ0) is 9.56. The predicted octanol–water partition coefficient (Wildman–Crippen LogP) is -0.683. The molecular formula is C6H12N2O4. The number of amides is 1. The van der Waals surface area contributed by atoms with Gasteiger partial charge in [-0.05, 0) is 6.54 Å². The number of carboxylic acids is 1. The molecule has 1 atom stereocenters. The van der Waals surface area contributed by atoms with Gasteiger partial charge in [-0.2, -0.15) is 0 Å². The molecule has 0 saturated carbocycles. The molecule has 70 valence electrons. The van der Waals surface area contributed by atoms with Crippen LogP contribution in [0.3, 0.4) is 0 Å². The lowest BCUT2D eigenvalue weighted by molar-refractivity contribution is -0.139. The van der Waals surface area contributed by atoms with Gasteiger partial charge in [0.05, 0.1) is 0 Å². The third-order valence-electron chi connectivity index (χ3n) is 1.21. The van der Waals surface area contributed by atoms with Crippen molar-refractivity contribution >= 4 is 12.1 Å². The summed E-state index contributed by atoms with van der Waals surface area (Å²) in [6.07, 6.45) is -1.22. The van der Waals surface area contributed by atoms with Crippen LogP contribution in [0.1, 0.15) is 6.92 Å². The zero-order valence-corrected chi connectivity index (χ0v) is 6.70. The lowest BCUT2D eigenvalue weighted by atomic mass is 10.3. The van der Waals surface area contributed by atoms with Crippen molar-refractivity contribution in [3.63, 3.8) is 0 Å². The molecule has 0 saturated heterocycles. The third kappa shape index (κ3) is 4.51. The van der Waals surface area contributed by atoms with E-state index in [1.165, 1.54) is 0 Å². The van der Waals surface area contributed by atoms with E-state index < -0.39 is 18.1 Å². The number of carbonyl (C=O) groups is 2. The van der Waals surface area contributed by atoms with Crippen molar-refractivity contribution in [2.45, 2.75) is 13.0 Å². The molecule has 0 heterocycles. The fraction of sp³-hybridized carbons (Fsp3) is 0.667. The number of hydrogen-bond acceptors (Lipinski definition) is 3. The van der Waals surface area contributed by atoms with E-state index in [0.717, 1.165) is 0 Å². The van der Waals surface area contributed by atoms with Crippen molar-refractivity contribution in [2.75, 3.05) is 13.1 Å². The highest BCUT2D eigenvalue weighted by Crippen LogP contribution is 1.81. The van der Waals surface area contributed by atoms with E-state index in [2.05, 4.69) is 5.32 Å². The molecule has 0 aromatic carbocycles. The van der Waals surface area contributed by atoms with Crippen LogP contribution in [-0.2, 0) is 4.79 Å². The average Bonchev–Trinajstić information content (AvgIpc) is 1.96. The number of nitrogens with one attached hydrogen (secondary N) is 2. The maximum Gasteiger partial charge on any atom is 0.404 e. The van der Waals surface area contributed by atoms with E-state index in [0.29, 0.717) is 6.54 Å². The first-order valence-corrected chi connectivity index (χ1v) is 3.51. The van der Waals surface area contributed by atoms with Crippen LogP contribution in [0.5, 0.6) is 0 Å². The first kappa shape index (κ1) is 10.7. The maximum absolute atomic E-state index is 10.4. The summed E-state index contributed by atoms with van der Waals surface area (Å²) in [7, 11) is 0. The molecule has 1 amide bonds. The highest BCUT2D eigenvalue weighted by molar-refractivity contribution is 5.75. The lowest BCUT2D eigenvalue weighted by Crippen LogP contribution is -2.45. The molecule has 0 aliphatic rings. The molecule has 0 spiro atoms. The minimum absolute atomic E-state index is 0.126. The number of likely N-dealkylation sites (N-methyl/N-ethyl adjacent to an activating group) is 1. The quantitative estimate of drug-likeness (QED) is 0.444. The van der Waals surface area contributed by atoms with Crippen LogP contribution in [0, 0.1) is 0 Å². The van der Waals surface area contributed by atoms with E-state index in [1.54, 1.807) is 6.92 Å². The Bertz CT molecular complexity index is 171. The van der Waals surface area contributed by atoms with Gasteiger partial charge in [-0.25, -0.2) is 4.79 Å². The summed E-state index contributed by atoms with van der Waals surface area (Å²) in [4.78, 5) is 20.4. The second-order valence-corrected chi connectivity index (χ2v) is 2.13. The molecule has 0 aromatic rings. The van der Waals surface area contributed by atoms with Gasteiger partial charge in [0, 0.05) is 6.54 Å². The Balaban J connectivity index is 3.79. The number of hydrogen-bond donors (Lipinski definition) is 4. The van der Waals surface area contributed by atoms with E-state index in [-0.39, 0.29) is 6.54 Å². The van der Waals surface area contributed by atoms with Crippen LogP contribution in [0.2, 0.25) is 0 Å². The van der Waals surface area contributed by atoms with Crippen LogP contribution < -0.4 is 10.6 Å². The van der Waals surface area contributed by atoms with Crippen molar-refractivity contribution in [3.8, 4) is 0 Å². The molecule has 0 aromatic heterocycles. The third-order valence-corrected chi connectivity index (χ3v) is 1.21. The van der Waals surface area contributed by atoms with Gasteiger partial charge >= 0.3 is 12.1 Å². The van der Waals surface area contributed by atoms with Crippen molar-refractivity contribution in [1.29, 1.82) is 0 Å². The summed E-state index contributed by atoms with van der Waals surface area (Å²) in [5.74, 6) is -1.06. The molecule has 6 heteroatoms. The normalized spacial score (nSPS) is 12.1. The summed E-state index contributed by atoms with van der Waals surface area (Å²) in [5.41, 5.74) is 0. The number of aliphatic carboxylic acids is 1. The predicted molar refractivity (Wildman–Crippen MR) is 41.1 cm³/mol. The summed E-state index contributed by atoms with van der Waals surface area (Å²) >= 11 is 0. The molecule has 1 unspecified atom stereocenters. The smallest absolute Gasteiger partial charge is 0.404 e. The van der Waals surface area contributed by atoms with Gasteiger partial charge in [0.15, 0.2) is 0 Å². The minimum atomic E-state index is -1.22. The molecule has 0 radical (unpaired) electrons. The summed E-state index contributed by atoms with van der Waals surface area (Å²) in [6.45, 7) is 2.10. The Morgan fingerprint density at radius 2 is 2.00 bits per heavy atom. The average molecular weight is 176 g/mol. The van der Waals surface area contributed by atoms with Crippen LogP contribution in [0.25, 0.3) is 0 Å². The SMILES string of the molecule is CCNC(CNC(=O)O)C(=O)O. The first-order valence-electron chi connectivity index (χ1n) is 3.51. The summed E-state index contributed by atoms with van der Waals surface area (Å²) in [5, 5.41) is 21.3. The molecule has 12 heavy (non-hydrogen) atoms. The Hall–Kier alpha value is -1.30. The largest absolute Gasteiger partial charge is 0.480 e. The number of rotatable bonds is 5. The number of carboxylic acid groups (broad SMARTS) is 2. The van der Waals surface area contributed by atoms with Crippen LogP contribution in [0.4, 0.5) is 4.79 Å². The standard InChI is InChI=1S/C6H12N2O4/c1-2-7-4(5(9)10)3-8-6(11)12/h4,7-8H,2-3H2,1H3,(H,9,10)(H,11,12). The van der Waals surface area contributed by atoms with Gasteiger partial charge in [-0.1, -0.05) is 6.92 Å². The van der Waals surface area contributed by atoms with E-state index in [9.17, 15) is 9.59 Å². The van der Waals surface area contributed by atoms with Crippen LogP contribution in [-0.4, -0.2) is 41.4 Å². The minimum Gasteiger partial charge on any atom is -0.480 e. The molecule has 0 rings (SSSR count). The molecule has 6 nitrogen and oxygen atoms in total. The van der Waals surface area contributed by atoms with Crippen molar-refractivity contribution in [2.24, 2.45) is 0 Å². The van der Waals surface area contributed by atoms with Crippen molar-refractivity contribution in [3.05, 3.63) is 0 Å². The van der Waals surface area contributed by atoms with E-state index in [4.69, 9.17) is 10.2 Å². The van der Waals surface area contributed by atoms with Crippen LogP contribution >= 0.6 is 0 Å². The van der Waals surface area contributed by atoms with E-state index in [1.807, 2.05) is 5.32 Å². The maximum atomic E-state index is 10.4. The van der Waals surface area contributed by atoms with Gasteiger partial charge in [-0.3, -0.25) is 4.79 Å². The topological polar surface area (TPSA) is 98.7 Å². The van der Waals surface area contributed by atoms with Gasteiger partial charge in [0.25, 0.3) is 0 Å². The van der Waals surface area contributed by atoms with Gasteiger partial charge in [0.1, 0.15) is 6.04 Å². The van der Waals surface area contributed by atoms with Crippen molar-refractivity contribution < 1.29 is 19.8 Å². The summed E-state index contributed by atoms with van der Waals surface area (Å²) < 4.78 is 0. The van der Waals surface area contributed by atoms with E-state index >= 15 is 0 Å². The molecule has 0 aliphatic carbocycles. The zero-order valence-electron chi connectivity index (χ0n) is 6.70. The Labute approximate surface area is 69.6 Å². The highest BCUT2D eigenvalue weighted by Gasteiger charge is 2.15. The molecule has 0 bridgehead atoms. The molecule has 0 aliphatic heterocycles. The van der Waals surface area contributed by atoms with Gasteiger partial charge < -0.3 is 20.8 Å². The molecule has 0 fully saturated rings. The monoisotopic (exact) mass is 176 g/mol. The van der Waals surface area contributed by atoms with Gasteiger partial charge in [0.2, 0.25) is 0 Å². The lowest BCUT2D eigenvalue weighted by Gasteiger charge is -2.11.